The Labute approximate surface area is 154 Å². The summed E-state index contributed by atoms with van der Waals surface area (Å²) in [6.07, 6.45) is 0.437. The van der Waals surface area contributed by atoms with Crippen LogP contribution in [0.1, 0.15) is 25.5 Å². The van der Waals surface area contributed by atoms with Crippen molar-refractivity contribution >= 4 is 18.9 Å². The van der Waals surface area contributed by atoms with E-state index in [1.807, 2.05) is 0 Å². The van der Waals surface area contributed by atoms with Crippen LogP contribution in [0.25, 0.3) is 11.0 Å². The van der Waals surface area contributed by atoms with E-state index in [0.29, 0.717) is 11.1 Å². The van der Waals surface area contributed by atoms with Crippen molar-refractivity contribution in [2.45, 2.75) is 38.1 Å². The molecule has 0 radical (unpaired) electrons. The first-order valence-electron chi connectivity index (χ1n) is 8.60. The van der Waals surface area contributed by atoms with Gasteiger partial charge in [0.2, 0.25) is 0 Å². The third-order valence-electron chi connectivity index (χ3n) is 4.32. The highest BCUT2D eigenvalue weighted by atomic mass is 31.2. The van der Waals surface area contributed by atoms with Crippen molar-refractivity contribution in [2.75, 3.05) is 19.8 Å². The van der Waals surface area contributed by atoms with E-state index in [-0.39, 0.29) is 30.9 Å². The number of aliphatic hydroxyl groups is 2. The molecule has 0 aliphatic carbocycles. The first-order valence-corrected chi connectivity index (χ1v) is 10.1. The Kier molecular flexibility index (Phi) is 6.11. The molecule has 2 aromatic rings. The normalized spacial score (nSPS) is 26.1. The van der Waals surface area contributed by atoms with Crippen molar-refractivity contribution in [1.82, 2.24) is 20.3 Å². The standard InChI is InChI=1S/C15H23N4O7P/c1-3-24-27(23,25-4-2)26-6-9-13(20)14(21)11(19-9)8-5-16-12-10(8)17-7-18-15(12)22/h5,7,9,11,13-14,16,19-21H,3-4,6H2,1-2H3,(H,17,18,22)/t9-,11+,13-,14+/m1/s1. The van der Waals surface area contributed by atoms with Crippen molar-refractivity contribution in [3.63, 3.8) is 0 Å². The second kappa shape index (κ2) is 8.19. The summed E-state index contributed by atoms with van der Waals surface area (Å²) in [6, 6.07) is -1.43. The second-order valence-corrected chi connectivity index (χ2v) is 7.68. The van der Waals surface area contributed by atoms with E-state index in [9.17, 15) is 19.6 Å². The predicted molar refractivity (Wildman–Crippen MR) is 95.2 cm³/mol. The third kappa shape index (κ3) is 3.99. The molecule has 5 N–H and O–H groups in total. The fourth-order valence-electron chi connectivity index (χ4n) is 3.09. The average Bonchev–Trinajstić information content (AvgIpc) is 3.17. The molecule has 1 fully saturated rings. The number of phosphoric acid groups is 1. The molecule has 12 heteroatoms. The number of hydrogen-bond acceptors (Lipinski definition) is 9. The number of nitrogens with zero attached hydrogens (tertiary/aromatic N) is 1. The van der Waals surface area contributed by atoms with E-state index in [2.05, 4.69) is 20.3 Å². The Bertz CT molecular complexity index is 874. The quantitative estimate of drug-likeness (QED) is 0.388. The van der Waals surface area contributed by atoms with Gasteiger partial charge in [-0.2, -0.15) is 0 Å². The number of fused-ring (bicyclic) bond motifs is 1. The van der Waals surface area contributed by atoms with E-state index in [4.69, 9.17) is 13.6 Å². The molecule has 0 amide bonds. The molecular formula is C15H23N4O7P. The lowest BCUT2D eigenvalue weighted by Gasteiger charge is -2.20. The van der Waals surface area contributed by atoms with Crippen molar-refractivity contribution in [3.05, 3.63) is 28.4 Å². The zero-order valence-electron chi connectivity index (χ0n) is 14.9. The van der Waals surface area contributed by atoms with Crippen LogP contribution in [0.15, 0.2) is 17.3 Å². The summed E-state index contributed by atoms with van der Waals surface area (Å²) in [7, 11) is -3.74. The first-order chi connectivity index (χ1) is 12.9. The number of aliphatic hydroxyl groups excluding tert-OH is 2. The number of aromatic amines is 2. The topological polar surface area (TPSA) is 159 Å². The lowest BCUT2D eigenvalue weighted by atomic mass is 10.0. The summed E-state index contributed by atoms with van der Waals surface area (Å²) >= 11 is 0. The Morgan fingerprint density at radius 1 is 1.15 bits per heavy atom. The fraction of sp³-hybridized carbons (Fsp3) is 0.600. The van der Waals surface area contributed by atoms with E-state index in [1.54, 1.807) is 20.0 Å². The highest BCUT2D eigenvalue weighted by Gasteiger charge is 2.44. The van der Waals surface area contributed by atoms with Gasteiger partial charge in [0.05, 0.1) is 44.3 Å². The molecule has 1 aliphatic rings. The molecule has 27 heavy (non-hydrogen) atoms. The molecule has 3 rings (SSSR count). The molecule has 3 heterocycles. The van der Waals surface area contributed by atoms with Crippen LogP contribution in [0.3, 0.4) is 0 Å². The summed E-state index contributed by atoms with van der Waals surface area (Å²) in [6.45, 7) is 3.38. The number of H-pyrrole nitrogens is 2. The monoisotopic (exact) mass is 402 g/mol. The van der Waals surface area contributed by atoms with Crippen molar-refractivity contribution in [1.29, 1.82) is 0 Å². The van der Waals surface area contributed by atoms with Crippen molar-refractivity contribution in [2.24, 2.45) is 0 Å². The Morgan fingerprint density at radius 2 is 1.85 bits per heavy atom. The maximum absolute atomic E-state index is 12.4. The van der Waals surface area contributed by atoms with Gasteiger partial charge in [0, 0.05) is 11.8 Å². The molecule has 1 saturated heterocycles. The minimum absolute atomic E-state index is 0.138. The van der Waals surface area contributed by atoms with Crippen molar-refractivity contribution in [3.8, 4) is 0 Å². The SMILES string of the molecule is CCOP(=O)(OCC)OC[C@H]1N[C@@H](c2c[nH]c3c(=O)[nH]cnc23)[C@H](O)[C@@H]1O. The number of nitrogens with one attached hydrogen (secondary N) is 3. The lowest BCUT2D eigenvalue weighted by Crippen LogP contribution is -2.36. The van der Waals surface area contributed by atoms with Crippen molar-refractivity contribution < 1.29 is 28.3 Å². The molecule has 0 spiro atoms. The largest absolute Gasteiger partial charge is 0.474 e. The van der Waals surface area contributed by atoms with Gasteiger partial charge in [-0.3, -0.25) is 18.4 Å². The third-order valence-corrected chi connectivity index (χ3v) is 5.93. The molecule has 4 atom stereocenters. The van der Waals surface area contributed by atoms with Crippen LogP contribution < -0.4 is 10.9 Å². The second-order valence-electron chi connectivity index (χ2n) is 6.01. The number of phosphoric ester groups is 1. The molecule has 2 aromatic heterocycles. The van der Waals surface area contributed by atoms with E-state index in [1.165, 1.54) is 6.33 Å². The maximum Gasteiger partial charge on any atom is 0.474 e. The summed E-state index contributed by atoms with van der Waals surface area (Å²) in [5, 5.41) is 23.8. The molecule has 1 aliphatic heterocycles. The van der Waals surface area contributed by atoms with Gasteiger partial charge in [-0.15, -0.1) is 0 Å². The van der Waals surface area contributed by atoms with Crippen LogP contribution >= 0.6 is 7.82 Å². The highest BCUT2D eigenvalue weighted by Crippen LogP contribution is 2.49. The molecule has 11 nitrogen and oxygen atoms in total. The van der Waals surface area contributed by atoms with E-state index < -0.39 is 32.1 Å². The smallest absolute Gasteiger partial charge is 0.389 e. The van der Waals surface area contributed by atoms with Crippen LogP contribution in [-0.2, 0) is 18.1 Å². The van der Waals surface area contributed by atoms with E-state index >= 15 is 0 Å². The van der Waals surface area contributed by atoms with Gasteiger partial charge >= 0.3 is 7.82 Å². The summed E-state index contributed by atoms with van der Waals surface area (Å²) in [4.78, 5) is 21.2. The first kappa shape index (κ1) is 20.2. The fourth-order valence-corrected chi connectivity index (χ4v) is 4.29. The van der Waals surface area contributed by atoms with Gasteiger partial charge in [0.25, 0.3) is 5.56 Å². The minimum Gasteiger partial charge on any atom is -0.389 e. The van der Waals surface area contributed by atoms with Gasteiger partial charge in [-0.25, -0.2) is 9.55 Å². The Morgan fingerprint density at radius 3 is 2.52 bits per heavy atom. The number of rotatable bonds is 8. The molecular weight excluding hydrogens is 379 g/mol. The Balaban J connectivity index is 1.76. The van der Waals surface area contributed by atoms with Gasteiger partial charge in [0.1, 0.15) is 17.1 Å². The maximum atomic E-state index is 12.4. The zero-order valence-corrected chi connectivity index (χ0v) is 15.8. The molecule has 0 bridgehead atoms. The minimum atomic E-state index is -3.74. The summed E-state index contributed by atoms with van der Waals surface area (Å²) in [5.74, 6) is 0. The number of hydrogen-bond donors (Lipinski definition) is 5. The van der Waals surface area contributed by atoms with Crippen LogP contribution in [0.4, 0.5) is 0 Å². The highest BCUT2D eigenvalue weighted by molar-refractivity contribution is 7.48. The van der Waals surface area contributed by atoms with Crippen LogP contribution in [0, 0.1) is 0 Å². The zero-order chi connectivity index (χ0) is 19.6. The predicted octanol–water partition coefficient (Wildman–Crippen LogP) is 0.184. The summed E-state index contributed by atoms with van der Waals surface area (Å²) in [5.41, 5.74) is 0.850. The average molecular weight is 402 g/mol. The van der Waals surface area contributed by atoms with Crippen LogP contribution in [0.5, 0.6) is 0 Å². The lowest BCUT2D eigenvalue weighted by molar-refractivity contribution is 0.0169. The van der Waals surface area contributed by atoms with E-state index in [0.717, 1.165) is 0 Å². The van der Waals surface area contributed by atoms with Crippen LogP contribution in [0.2, 0.25) is 0 Å². The molecule has 0 unspecified atom stereocenters. The van der Waals surface area contributed by atoms with Crippen LogP contribution in [-0.4, -0.2) is 63.2 Å². The van der Waals surface area contributed by atoms with Gasteiger partial charge in [0.15, 0.2) is 0 Å². The Hall–Kier alpha value is -1.59. The summed E-state index contributed by atoms with van der Waals surface area (Å²) < 4.78 is 27.8. The molecule has 0 saturated carbocycles. The van der Waals surface area contributed by atoms with Gasteiger partial charge < -0.3 is 25.5 Å². The van der Waals surface area contributed by atoms with Gasteiger partial charge in [-0.1, -0.05) is 0 Å². The molecule has 150 valence electrons. The molecule has 0 aromatic carbocycles. The number of aromatic nitrogens is 3. The van der Waals surface area contributed by atoms with Gasteiger partial charge in [-0.05, 0) is 13.8 Å².